The summed E-state index contributed by atoms with van der Waals surface area (Å²) in [6, 6.07) is 3.43. The molecule has 2 N–H and O–H groups in total. The van der Waals surface area contributed by atoms with Crippen LogP contribution in [0, 0.1) is 0 Å². The number of hydrogen-bond donors (Lipinski definition) is 2. The zero-order valence-corrected chi connectivity index (χ0v) is 11.7. The third-order valence-corrected chi connectivity index (χ3v) is 2.55. The number of carbonyl (C=O) groups excluding carboxylic acids is 1. The average molecular weight is 275 g/mol. The first-order valence-electron chi connectivity index (χ1n) is 6.43. The van der Waals surface area contributed by atoms with Crippen molar-refractivity contribution < 1.29 is 9.53 Å². The lowest BCUT2D eigenvalue weighted by molar-refractivity contribution is 0.101. The molecule has 106 valence electrons. The molecular weight excluding hydrogens is 258 g/mol. The Labute approximate surface area is 116 Å². The molecule has 2 rings (SSSR count). The molecule has 0 aliphatic rings. The molecule has 1 amide bonds. The van der Waals surface area contributed by atoms with Crippen LogP contribution in [0.2, 0.25) is 0 Å². The van der Waals surface area contributed by atoms with Crippen LogP contribution in [0.1, 0.15) is 43.1 Å². The Kier molecular flexibility index (Phi) is 4.29. The standard InChI is InChI=1S/C13H17N5O2/c1-4-20-13-9(6-5-7-14-13)15-12(19)11-16-10(8(2)3)17-18-11/h5-8H,4H2,1-3H3,(H,15,19)(H,16,17,18). The molecule has 20 heavy (non-hydrogen) atoms. The first kappa shape index (κ1) is 14.0. The van der Waals surface area contributed by atoms with Crippen molar-refractivity contribution in [2.24, 2.45) is 0 Å². The first-order valence-corrected chi connectivity index (χ1v) is 6.43. The van der Waals surface area contributed by atoms with Gasteiger partial charge in [-0.3, -0.25) is 9.89 Å². The Morgan fingerprint density at radius 2 is 2.30 bits per heavy atom. The van der Waals surface area contributed by atoms with E-state index < -0.39 is 5.91 Å². The number of ether oxygens (including phenoxy) is 1. The maximum absolute atomic E-state index is 12.1. The molecule has 2 heterocycles. The maximum Gasteiger partial charge on any atom is 0.295 e. The van der Waals surface area contributed by atoms with E-state index in [9.17, 15) is 4.79 Å². The van der Waals surface area contributed by atoms with E-state index in [1.165, 1.54) is 0 Å². The van der Waals surface area contributed by atoms with Gasteiger partial charge in [0.25, 0.3) is 5.91 Å². The largest absolute Gasteiger partial charge is 0.476 e. The third-order valence-electron chi connectivity index (χ3n) is 2.55. The lowest BCUT2D eigenvalue weighted by Gasteiger charge is -2.08. The number of anilines is 1. The van der Waals surface area contributed by atoms with Crippen LogP contribution in [0.15, 0.2) is 18.3 Å². The molecule has 7 heteroatoms. The summed E-state index contributed by atoms with van der Waals surface area (Å²) in [5.74, 6) is 0.929. The Balaban J connectivity index is 2.14. The number of hydrogen-bond acceptors (Lipinski definition) is 5. The molecule has 2 aromatic rings. The molecule has 0 saturated heterocycles. The molecule has 0 saturated carbocycles. The highest BCUT2D eigenvalue weighted by atomic mass is 16.5. The summed E-state index contributed by atoms with van der Waals surface area (Å²) in [6.07, 6.45) is 1.60. The second kappa shape index (κ2) is 6.14. The fraction of sp³-hybridized carbons (Fsp3) is 0.385. The van der Waals surface area contributed by atoms with Gasteiger partial charge in [-0.15, -0.1) is 5.10 Å². The van der Waals surface area contributed by atoms with Crippen LogP contribution in [-0.2, 0) is 0 Å². The van der Waals surface area contributed by atoms with Crippen LogP contribution in [0.3, 0.4) is 0 Å². The fourth-order valence-corrected chi connectivity index (χ4v) is 1.55. The predicted octanol–water partition coefficient (Wildman–Crippen LogP) is 1.97. The molecule has 0 unspecified atom stereocenters. The molecule has 7 nitrogen and oxygen atoms in total. The minimum Gasteiger partial charge on any atom is -0.476 e. The van der Waals surface area contributed by atoms with Crippen LogP contribution < -0.4 is 10.1 Å². The molecule has 0 aromatic carbocycles. The zero-order valence-electron chi connectivity index (χ0n) is 11.7. The number of aromatic amines is 1. The summed E-state index contributed by atoms with van der Waals surface area (Å²) in [4.78, 5) is 20.3. The van der Waals surface area contributed by atoms with Gasteiger partial charge >= 0.3 is 0 Å². The number of carbonyl (C=O) groups is 1. The smallest absolute Gasteiger partial charge is 0.295 e. The van der Waals surface area contributed by atoms with E-state index in [-0.39, 0.29) is 11.7 Å². The summed E-state index contributed by atoms with van der Waals surface area (Å²) in [5.41, 5.74) is 0.496. The van der Waals surface area contributed by atoms with Crippen molar-refractivity contribution in [1.29, 1.82) is 0 Å². The second-order valence-electron chi connectivity index (χ2n) is 4.44. The number of rotatable bonds is 5. The Morgan fingerprint density at radius 3 is 2.95 bits per heavy atom. The molecule has 0 radical (unpaired) electrons. The van der Waals surface area contributed by atoms with Crippen molar-refractivity contribution in [3.05, 3.63) is 30.0 Å². The number of aromatic nitrogens is 4. The normalized spacial score (nSPS) is 10.6. The Bertz CT molecular complexity index is 594. The molecule has 0 aliphatic carbocycles. The highest BCUT2D eigenvalue weighted by Gasteiger charge is 2.16. The first-order chi connectivity index (χ1) is 9.61. The van der Waals surface area contributed by atoms with Crippen LogP contribution in [0.4, 0.5) is 5.69 Å². The number of nitrogens with zero attached hydrogens (tertiary/aromatic N) is 3. The molecule has 0 atom stereocenters. The van der Waals surface area contributed by atoms with Crippen LogP contribution >= 0.6 is 0 Å². The van der Waals surface area contributed by atoms with E-state index in [4.69, 9.17) is 4.74 Å². The number of H-pyrrole nitrogens is 1. The quantitative estimate of drug-likeness (QED) is 0.870. The molecular formula is C13H17N5O2. The lowest BCUT2D eigenvalue weighted by atomic mass is 10.2. The van der Waals surface area contributed by atoms with Gasteiger partial charge in [0.15, 0.2) is 0 Å². The van der Waals surface area contributed by atoms with Crippen LogP contribution in [0.5, 0.6) is 5.88 Å². The highest BCUT2D eigenvalue weighted by molar-refractivity contribution is 6.02. The summed E-state index contributed by atoms with van der Waals surface area (Å²) < 4.78 is 5.34. The Morgan fingerprint density at radius 1 is 1.50 bits per heavy atom. The third kappa shape index (κ3) is 3.11. The van der Waals surface area contributed by atoms with Gasteiger partial charge < -0.3 is 10.1 Å². The van der Waals surface area contributed by atoms with Crippen molar-refractivity contribution in [2.75, 3.05) is 11.9 Å². The predicted molar refractivity (Wildman–Crippen MR) is 73.8 cm³/mol. The summed E-state index contributed by atoms with van der Waals surface area (Å²) in [7, 11) is 0. The van der Waals surface area contributed by atoms with Crippen molar-refractivity contribution in [1.82, 2.24) is 20.2 Å². The fourth-order valence-electron chi connectivity index (χ4n) is 1.55. The van der Waals surface area contributed by atoms with Gasteiger partial charge in [0, 0.05) is 12.1 Å². The molecule has 2 aromatic heterocycles. The number of pyridine rings is 1. The highest BCUT2D eigenvalue weighted by Crippen LogP contribution is 2.21. The average Bonchev–Trinajstić information content (AvgIpc) is 2.91. The topological polar surface area (TPSA) is 92.8 Å². The van der Waals surface area contributed by atoms with E-state index in [1.54, 1.807) is 18.3 Å². The molecule has 0 aliphatic heterocycles. The molecule has 0 spiro atoms. The van der Waals surface area contributed by atoms with Gasteiger partial charge in [-0.05, 0) is 19.1 Å². The monoisotopic (exact) mass is 275 g/mol. The van der Waals surface area contributed by atoms with Crippen molar-refractivity contribution in [3.8, 4) is 5.88 Å². The minimum absolute atomic E-state index is 0.0972. The van der Waals surface area contributed by atoms with E-state index in [0.29, 0.717) is 24.0 Å². The van der Waals surface area contributed by atoms with Crippen molar-refractivity contribution in [3.63, 3.8) is 0 Å². The summed E-state index contributed by atoms with van der Waals surface area (Å²) >= 11 is 0. The summed E-state index contributed by atoms with van der Waals surface area (Å²) in [5, 5.41) is 9.34. The van der Waals surface area contributed by atoms with Gasteiger partial charge in [-0.25, -0.2) is 9.97 Å². The molecule has 0 fully saturated rings. The van der Waals surface area contributed by atoms with E-state index in [2.05, 4.69) is 25.5 Å². The van der Waals surface area contributed by atoms with E-state index in [1.807, 2.05) is 20.8 Å². The van der Waals surface area contributed by atoms with Crippen molar-refractivity contribution >= 4 is 11.6 Å². The minimum atomic E-state index is -0.401. The zero-order chi connectivity index (χ0) is 14.5. The second-order valence-corrected chi connectivity index (χ2v) is 4.44. The number of amides is 1. The van der Waals surface area contributed by atoms with Gasteiger partial charge in [-0.1, -0.05) is 13.8 Å². The molecule has 0 bridgehead atoms. The van der Waals surface area contributed by atoms with E-state index >= 15 is 0 Å². The van der Waals surface area contributed by atoms with Crippen molar-refractivity contribution in [2.45, 2.75) is 26.7 Å². The van der Waals surface area contributed by atoms with Crippen LogP contribution in [-0.4, -0.2) is 32.7 Å². The van der Waals surface area contributed by atoms with Gasteiger partial charge in [0.05, 0.1) is 6.61 Å². The van der Waals surface area contributed by atoms with Gasteiger partial charge in [-0.2, -0.15) is 0 Å². The SMILES string of the molecule is CCOc1ncccc1NC(=O)c1n[nH]c(C(C)C)n1. The van der Waals surface area contributed by atoms with E-state index in [0.717, 1.165) is 0 Å². The lowest BCUT2D eigenvalue weighted by Crippen LogP contribution is -2.15. The Hall–Kier alpha value is -2.44. The number of nitrogens with one attached hydrogen (secondary N) is 2. The van der Waals surface area contributed by atoms with Gasteiger partial charge in [0.2, 0.25) is 11.7 Å². The van der Waals surface area contributed by atoms with Crippen LogP contribution in [0.25, 0.3) is 0 Å². The van der Waals surface area contributed by atoms with Gasteiger partial charge in [0.1, 0.15) is 11.5 Å². The summed E-state index contributed by atoms with van der Waals surface area (Å²) in [6.45, 7) is 6.26. The maximum atomic E-state index is 12.1.